The fourth-order valence-corrected chi connectivity index (χ4v) is 3.76. The maximum absolute atomic E-state index is 13.4. The molecule has 2 aliphatic rings. The van der Waals surface area contributed by atoms with Gasteiger partial charge >= 0.3 is 6.09 Å². The van der Waals surface area contributed by atoms with Crippen molar-refractivity contribution in [3.63, 3.8) is 0 Å². The minimum absolute atomic E-state index is 0.0744. The second-order valence-electron chi connectivity index (χ2n) is 8.47. The van der Waals surface area contributed by atoms with Crippen molar-refractivity contribution in [2.24, 2.45) is 0 Å². The van der Waals surface area contributed by atoms with Gasteiger partial charge in [-0.15, -0.1) is 0 Å². The molecule has 26 heavy (non-hydrogen) atoms. The maximum atomic E-state index is 13.4. The molecular formula is C20H28F2N2O2. The number of rotatable bonds is 4. The van der Waals surface area contributed by atoms with Crippen LogP contribution in [0, 0.1) is 0 Å². The van der Waals surface area contributed by atoms with Gasteiger partial charge in [0.1, 0.15) is 5.60 Å². The molecule has 1 saturated carbocycles. The van der Waals surface area contributed by atoms with Crippen LogP contribution in [0.15, 0.2) is 30.3 Å². The number of hydrogen-bond acceptors (Lipinski definition) is 3. The van der Waals surface area contributed by atoms with Gasteiger partial charge in [0.25, 0.3) is 5.92 Å². The first-order valence-corrected chi connectivity index (χ1v) is 9.28. The fourth-order valence-electron chi connectivity index (χ4n) is 3.76. The van der Waals surface area contributed by atoms with Crippen LogP contribution in [0.25, 0.3) is 0 Å². The molecule has 6 heteroatoms. The Kier molecular flexibility index (Phi) is 5.24. The average molecular weight is 366 g/mol. The van der Waals surface area contributed by atoms with E-state index in [9.17, 15) is 13.6 Å². The Bertz CT molecular complexity index is 622. The molecular weight excluding hydrogens is 338 g/mol. The molecule has 144 valence electrons. The minimum Gasteiger partial charge on any atom is -0.444 e. The number of carbonyl (C=O) groups excluding carboxylic acids is 1. The molecule has 1 aliphatic carbocycles. The van der Waals surface area contributed by atoms with E-state index < -0.39 is 23.7 Å². The summed E-state index contributed by atoms with van der Waals surface area (Å²) in [5, 5.41) is 0. The van der Waals surface area contributed by atoms with E-state index in [1.807, 2.05) is 18.2 Å². The van der Waals surface area contributed by atoms with E-state index in [-0.39, 0.29) is 18.9 Å². The van der Waals surface area contributed by atoms with Gasteiger partial charge < -0.3 is 9.64 Å². The number of alkyl halides is 2. The van der Waals surface area contributed by atoms with Crippen molar-refractivity contribution in [3.8, 4) is 0 Å². The highest BCUT2D eigenvalue weighted by molar-refractivity contribution is 5.69. The molecule has 1 aromatic rings. The molecule has 0 spiro atoms. The van der Waals surface area contributed by atoms with Crippen LogP contribution < -0.4 is 0 Å². The van der Waals surface area contributed by atoms with E-state index in [0.717, 1.165) is 19.5 Å². The number of benzene rings is 1. The molecule has 0 N–H and O–H groups in total. The number of halogens is 2. The van der Waals surface area contributed by atoms with Gasteiger partial charge in [-0.25, -0.2) is 13.6 Å². The third-order valence-electron chi connectivity index (χ3n) is 4.96. The van der Waals surface area contributed by atoms with Crippen LogP contribution in [0.4, 0.5) is 13.6 Å². The fraction of sp³-hybridized carbons (Fsp3) is 0.650. The summed E-state index contributed by atoms with van der Waals surface area (Å²) in [6.07, 6.45) is -0.207. The second-order valence-corrected chi connectivity index (χ2v) is 8.47. The normalized spacial score (nSPS) is 23.5. The quantitative estimate of drug-likeness (QED) is 0.797. The number of likely N-dealkylation sites (tertiary alicyclic amines) is 1. The molecule has 1 atom stereocenters. The topological polar surface area (TPSA) is 32.8 Å². The van der Waals surface area contributed by atoms with Crippen LogP contribution >= 0.6 is 0 Å². The predicted octanol–water partition coefficient (Wildman–Crippen LogP) is 4.30. The summed E-state index contributed by atoms with van der Waals surface area (Å²) < 4.78 is 32.3. The molecule has 0 bridgehead atoms. The third-order valence-corrected chi connectivity index (χ3v) is 4.96. The summed E-state index contributed by atoms with van der Waals surface area (Å²) in [5.41, 5.74) is 0.580. The number of carbonyl (C=O) groups is 1. The Balaban J connectivity index is 1.66. The van der Waals surface area contributed by atoms with Crippen molar-refractivity contribution in [2.75, 3.05) is 13.1 Å². The van der Waals surface area contributed by atoms with Crippen LogP contribution in [0.2, 0.25) is 0 Å². The Morgan fingerprint density at radius 3 is 2.46 bits per heavy atom. The smallest absolute Gasteiger partial charge is 0.410 e. The van der Waals surface area contributed by atoms with E-state index in [1.165, 1.54) is 5.56 Å². The van der Waals surface area contributed by atoms with Gasteiger partial charge in [-0.3, -0.25) is 4.90 Å². The highest BCUT2D eigenvalue weighted by atomic mass is 19.3. The molecule has 0 radical (unpaired) electrons. The molecule has 4 nitrogen and oxygen atoms in total. The van der Waals surface area contributed by atoms with E-state index >= 15 is 0 Å². The molecule has 1 heterocycles. The Morgan fingerprint density at radius 1 is 1.23 bits per heavy atom. The molecule has 2 fully saturated rings. The monoisotopic (exact) mass is 366 g/mol. The van der Waals surface area contributed by atoms with E-state index in [4.69, 9.17) is 4.74 Å². The summed E-state index contributed by atoms with van der Waals surface area (Å²) in [6.45, 7) is 7.75. The van der Waals surface area contributed by atoms with E-state index in [0.29, 0.717) is 6.54 Å². The molecule has 1 saturated heterocycles. The lowest BCUT2D eigenvalue weighted by Crippen LogP contribution is -2.58. The number of hydrogen-bond donors (Lipinski definition) is 0. The second kappa shape index (κ2) is 7.14. The van der Waals surface area contributed by atoms with Crippen LogP contribution in [0.1, 0.15) is 45.6 Å². The molecule has 0 aromatic heterocycles. The molecule has 3 rings (SSSR count). The lowest BCUT2D eigenvalue weighted by Gasteiger charge is -2.45. The van der Waals surface area contributed by atoms with Crippen molar-refractivity contribution >= 4 is 6.09 Å². The zero-order chi connectivity index (χ0) is 18.9. The van der Waals surface area contributed by atoms with Crippen molar-refractivity contribution in [1.29, 1.82) is 0 Å². The SMILES string of the molecule is CC(C)(C)OC(=O)N(C1CCN(Cc2ccccc2)C1)C1CC(F)(F)C1. The van der Waals surface area contributed by atoms with Gasteiger partial charge in [-0.2, -0.15) is 0 Å². The van der Waals surface area contributed by atoms with Crippen LogP contribution in [0.3, 0.4) is 0 Å². The van der Waals surface area contributed by atoms with Crippen molar-refractivity contribution < 1.29 is 18.3 Å². The van der Waals surface area contributed by atoms with Gasteiger partial charge in [-0.1, -0.05) is 30.3 Å². The number of amides is 1. The van der Waals surface area contributed by atoms with Gasteiger partial charge in [0.05, 0.1) is 0 Å². The summed E-state index contributed by atoms with van der Waals surface area (Å²) in [6, 6.07) is 9.64. The minimum atomic E-state index is -2.66. The first kappa shape index (κ1) is 19.1. The van der Waals surface area contributed by atoms with Crippen LogP contribution in [0.5, 0.6) is 0 Å². The van der Waals surface area contributed by atoms with Crippen molar-refractivity contribution in [1.82, 2.24) is 9.80 Å². The summed E-state index contributed by atoms with van der Waals surface area (Å²) in [4.78, 5) is 16.6. The van der Waals surface area contributed by atoms with E-state index in [2.05, 4.69) is 17.0 Å². The third kappa shape index (κ3) is 4.72. The predicted molar refractivity (Wildman–Crippen MR) is 96.2 cm³/mol. The zero-order valence-electron chi connectivity index (χ0n) is 15.8. The summed E-state index contributed by atoms with van der Waals surface area (Å²) in [5.74, 6) is -2.66. The molecule has 1 aromatic carbocycles. The first-order valence-electron chi connectivity index (χ1n) is 9.28. The Morgan fingerprint density at radius 2 is 1.88 bits per heavy atom. The van der Waals surface area contributed by atoms with Gasteiger partial charge in [0, 0.05) is 44.6 Å². The standard InChI is InChI=1S/C20H28F2N2O2/c1-19(2,3)26-18(25)24(17-11-20(21,22)12-17)16-9-10-23(14-16)13-15-7-5-4-6-8-15/h4-8,16-17H,9-14H2,1-3H3. The number of nitrogens with zero attached hydrogens (tertiary/aromatic N) is 2. The molecule has 1 amide bonds. The number of ether oxygens (including phenoxy) is 1. The first-order chi connectivity index (χ1) is 12.1. The Labute approximate surface area is 154 Å². The van der Waals surface area contributed by atoms with E-state index in [1.54, 1.807) is 25.7 Å². The van der Waals surface area contributed by atoms with Gasteiger partial charge in [0.15, 0.2) is 0 Å². The summed E-state index contributed by atoms with van der Waals surface area (Å²) >= 11 is 0. The zero-order valence-corrected chi connectivity index (χ0v) is 15.8. The maximum Gasteiger partial charge on any atom is 0.410 e. The van der Waals surface area contributed by atoms with Crippen molar-refractivity contribution in [3.05, 3.63) is 35.9 Å². The van der Waals surface area contributed by atoms with Crippen LogP contribution in [-0.2, 0) is 11.3 Å². The molecule has 1 aliphatic heterocycles. The highest BCUT2D eigenvalue weighted by Gasteiger charge is 2.52. The summed E-state index contributed by atoms with van der Waals surface area (Å²) in [7, 11) is 0. The average Bonchev–Trinajstić information content (AvgIpc) is 2.93. The largest absolute Gasteiger partial charge is 0.444 e. The van der Waals surface area contributed by atoms with Crippen LogP contribution in [-0.4, -0.2) is 52.6 Å². The van der Waals surface area contributed by atoms with Gasteiger partial charge in [0.2, 0.25) is 0 Å². The van der Waals surface area contributed by atoms with Crippen molar-refractivity contribution in [2.45, 2.75) is 70.2 Å². The lowest BCUT2D eigenvalue weighted by atomic mass is 9.86. The lowest BCUT2D eigenvalue weighted by molar-refractivity contribution is -0.128. The highest BCUT2D eigenvalue weighted by Crippen LogP contribution is 2.42. The molecule has 1 unspecified atom stereocenters. The Hall–Kier alpha value is -1.69. The van der Waals surface area contributed by atoms with Gasteiger partial charge in [-0.05, 0) is 32.8 Å².